The quantitative estimate of drug-likeness (QED) is 0.885. The zero-order valence-electron chi connectivity index (χ0n) is 9.92. The van der Waals surface area contributed by atoms with Crippen LogP contribution in [0.4, 0.5) is 0 Å². The molecular formula is C13H12N4O. The van der Waals surface area contributed by atoms with Gasteiger partial charge in [-0.05, 0) is 30.7 Å². The second kappa shape index (κ2) is 5.25. The van der Waals surface area contributed by atoms with E-state index in [1.807, 2.05) is 24.3 Å². The van der Waals surface area contributed by atoms with Crippen LogP contribution in [0.3, 0.4) is 0 Å². The monoisotopic (exact) mass is 240 g/mol. The summed E-state index contributed by atoms with van der Waals surface area (Å²) in [5.74, 6) is 0.604. The highest BCUT2D eigenvalue weighted by Crippen LogP contribution is 2.19. The molecule has 2 rings (SSSR count). The summed E-state index contributed by atoms with van der Waals surface area (Å²) >= 11 is 0. The first-order chi connectivity index (χ1) is 8.71. The molecule has 1 aromatic carbocycles. The van der Waals surface area contributed by atoms with Gasteiger partial charge in [-0.1, -0.05) is 12.1 Å². The van der Waals surface area contributed by atoms with Crippen LogP contribution in [-0.2, 0) is 6.54 Å². The maximum atomic E-state index is 8.82. The molecule has 0 unspecified atom stereocenters. The highest BCUT2D eigenvalue weighted by atomic mass is 16.5. The van der Waals surface area contributed by atoms with Crippen molar-refractivity contribution in [3.63, 3.8) is 0 Å². The number of benzene rings is 1. The van der Waals surface area contributed by atoms with Gasteiger partial charge in [0.2, 0.25) is 0 Å². The molecule has 0 bridgehead atoms. The number of nitrogens with zero attached hydrogens (tertiary/aromatic N) is 3. The summed E-state index contributed by atoms with van der Waals surface area (Å²) in [5, 5.41) is 8.82. The first-order valence-electron chi connectivity index (χ1n) is 5.44. The van der Waals surface area contributed by atoms with E-state index in [-0.39, 0.29) is 11.7 Å². The van der Waals surface area contributed by atoms with Crippen molar-refractivity contribution in [2.24, 2.45) is 5.73 Å². The van der Waals surface area contributed by atoms with Gasteiger partial charge in [-0.15, -0.1) is 0 Å². The number of ether oxygens (including phenoxy) is 1. The Hall–Kier alpha value is -2.45. The largest absolute Gasteiger partial charge is 0.424 e. The van der Waals surface area contributed by atoms with Crippen LogP contribution < -0.4 is 10.5 Å². The van der Waals surface area contributed by atoms with Gasteiger partial charge in [-0.25, -0.2) is 4.98 Å². The van der Waals surface area contributed by atoms with Gasteiger partial charge in [0, 0.05) is 12.2 Å². The summed E-state index contributed by atoms with van der Waals surface area (Å²) in [6, 6.07) is 11.1. The van der Waals surface area contributed by atoms with Gasteiger partial charge < -0.3 is 10.5 Å². The second-order valence-electron chi connectivity index (χ2n) is 3.74. The fourth-order valence-electron chi connectivity index (χ4n) is 1.49. The number of aryl methyl sites for hydroxylation is 1. The lowest BCUT2D eigenvalue weighted by Crippen LogP contribution is -1.98. The zero-order valence-corrected chi connectivity index (χ0v) is 9.92. The Kier molecular flexibility index (Phi) is 3.51. The molecule has 2 aromatic rings. The Morgan fingerprint density at radius 2 is 2.17 bits per heavy atom. The number of aromatic nitrogens is 2. The Morgan fingerprint density at radius 1 is 1.33 bits per heavy atom. The Balaban J connectivity index is 2.28. The lowest BCUT2D eigenvalue weighted by Gasteiger charge is -2.06. The zero-order chi connectivity index (χ0) is 13.0. The molecule has 0 spiro atoms. The molecule has 0 aliphatic carbocycles. The fourth-order valence-corrected chi connectivity index (χ4v) is 1.49. The summed E-state index contributed by atoms with van der Waals surface area (Å²) in [7, 11) is 0. The predicted molar refractivity (Wildman–Crippen MR) is 65.9 cm³/mol. The molecule has 18 heavy (non-hydrogen) atoms. The van der Waals surface area contributed by atoms with Gasteiger partial charge in [0.1, 0.15) is 17.5 Å². The molecule has 2 N–H and O–H groups in total. The van der Waals surface area contributed by atoms with Crippen molar-refractivity contribution in [3.8, 4) is 17.8 Å². The van der Waals surface area contributed by atoms with Crippen molar-refractivity contribution in [1.29, 1.82) is 5.26 Å². The van der Waals surface area contributed by atoms with Crippen LogP contribution >= 0.6 is 0 Å². The minimum atomic E-state index is 0.167. The van der Waals surface area contributed by atoms with E-state index in [0.717, 1.165) is 5.56 Å². The molecule has 1 heterocycles. The normalized spacial score (nSPS) is 9.83. The van der Waals surface area contributed by atoms with Gasteiger partial charge in [-0.2, -0.15) is 10.2 Å². The van der Waals surface area contributed by atoms with E-state index >= 15 is 0 Å². The smallest absolute Gasteiger partial charge is 0.323 e. The molecule has 0 amide bonds. The number of rotatable bonds is 3. The minimum absolute atomic E-state index is 0.167. The summed E-state index contributed by atoms with van der Waals surface area (Å²) in [4.78, 5) is 8.09. The molecule has 0 saturated heterocycles. The van der Waals surface area contributed by atoms with Gasteiger partial charge in [0.15, 0.2) is 0 Å². The van der Waals surface area contributed by atoms with Crippen LogP contribution in [0.1, 0.15) is 17.0 Å². The average molecular weight is 240 g/mol. The summed E-state index contributed by atoms with van der Waals surface area (Å²) in [5.41, 5.74) is 7.48. The molecule has 0 saturated carbocycles. The minimum Gasteiger partial charge on any atom is -0.424 e. The van der Waals surface area contributed by atoms with Crippen LogP contribution in [0.5, 0.6) is 11.8 Å². The van der Waals surface area contributed by atoms with Gasteiger partial charge in [-0.3, -0.25) is 0 Å². The predicted octanol–water partition coefficient (Wildman–Crippen LogP) is 1.91. The molecule has 0 radical (unpaired) electrons. The summed E-state index contributed by atoms with van der Waals surface area (Å²) < 4.78 is 5.52. The highest BCUT2D eigenvalue weighted by molar-refractivity contribution is 5.31. The Labute approximate surface area is 105 Å². The van der Waals surface area contributed by atoms with Crippen molar-refractivity contribution in [2.45, 2.75) is 13.5 Å². The van der Waals surface area contributed by atoms with Gasteiger partial charge >= 0.3 is 6.01 Å². The number of hydrogen-bond donors (Lipinski definition) is 1. The number of hydrogen-bond acceptors (Lipinski definition) is 5. The Bertz CT molecular complexity index is 604. The third kappa shape index (κ3) is 2.81. The van der Waals surface area contributed by atoms with E-state index in [2.05, 4.69) is 9.97 Å². The van der Waals surface area contributed by atoms with Crippen molar-refractivity contribution >= 4 is 0 Å². The third-order valence-electron chi connectivity index (χ3n) is 2.29. The van der Waals surface area contributed by atoms with E-state index in [4.69, 9.17) is 15.7 Å². The first kappa shape index (κ1) is 12.0. The van der Waals surface area contributed by atoms with E-state index in [1.54, 1.807) is 19.1 Å². The van der Waals surface area contributed by atoms with E-state index in [0.29, 0.717) is 18.0 Å². The molecule has 0 aliphatic rings. The molecular weight excluding hydrogens is 228 g/mol. The highest BCUT2D eigenvalue weighted by Gasteiger charge is 2.04. The molecule has 5 nitrogen and oxygen atoms in total. The van der Waals surface area contributed by atoms with Crippen molar-refractivity contribution < 1.29 is 4.74 Å². The molecule has 1 aromatic heterocycles. The van der Waals surface area contributed by atoms with Gasteiger partial charge in [0.05, 0.1) is 0 Å². The summed E-state index contributed by atoms with van der Waals surface area (Å²) in [6.45, 7) is 2.22. The third-order valence-corrected chi connectivity index (χ3v) is 2.29. The second-order valence-corrected chi connectivity index (χ2v) is 3.74. The van der Waals surface area contributed by atoms with E-state index < -0.39 is 0 Å². The standard InChI is InChI=1S/C13H12N4O/c1-9-5-11(8-15)17-13(16-9)18-12-4-2-3-10(6-12)7-14/h2-6H,7,14H2,1H3. The van der Waals surface area contributed by atoms with Crippen molar-refractivity contribution in [2.75, 3.05) is 0 Å². The van der Waals surface area contributed by atoms with Crippen molar-refractivity contribution in [1.82, 2.24) is 9.97 Å². The lowest BCUT2D eigenvalue weighted by molar-refractivity contribution is 0.439. The first-order valence-corrected chi connectivity index (χ1v) is 5.44. The fraction of sp³-hybridized carbons (Fsp3) is 0.154. The molecule has 0 aliphatic heterocycles. The molecule has 5 heteroatoms. The molecule has 90 valence electrons. The lowest BCUT2D eigenvalue weighted by atomic mass is 10.2. The molecule has 0 atom stereocenters. The van der Waals surface area contributed by atoms with Crippen LogP contribution in [-0.4, -0.2) is 9.97 Å². The van der Waals surface area contributed by atoms with Crippen LogP contribution in [0.25, 0.3) is 0 Å². The Morgan fingerprint density at radius 3 is 2.89 bits per heavy atom. The SMILES string of the molecule is Cc1cc(C#N)nc(Oc2cccc(CN)c2)n1. The van der Waals surface area contributed by atoms with Gasteiger partial charge in [0.25, 0.3) is 0 Å². The number of nitriles is 1. The molecule has 0 fully saturated rings. The van der Waals surface area contributed by atoms with Crippen molar-refractivity contribution in [3.05, 3.63) is 47.3 Å². The topological polar surface area (TPSA) is 84.8 Å². The van der Waals surface area contributed by atoms with Crippen LogP contribution in [0.2, 0.25) is 0 Å². The number of nitrogens with two attached hydrogens (primary N) is 1. The van der Waals surface area contributed by atoms with E-state index in [1.165, 1.54) is 0 Å². The maximum absolute atomic E-state index is 8.82. The maximum Gasteiger partial charge on any atom is 0.323 e. The van der Waals surface area contributed by atoms with E-state index in [9.17, 15) is 0 Å². The summed E-state index contributed by atoms with van der Waals surface area (Å²) in [6.07, 6.45) is 0. The van der Waals surface area contributed by atoms with Crippen LogP contribution in [0.15, 0.2) is 30.3 Å². The average Bonchev–Trinajstić information content (AvgIpc) is 2.38. The van der Waals surface area contributed by atoms with Crippen LogP contribution in [0, 0.1) is 18.3 Å².